The van der Waals surface area contributed by atoms with Crippen molar-refractivity contribution < 1.29 is 4.79 Å². The molecule has 2 fully saturated rings. The smallest absolute Gasteiger partial charge is 0.227 e. The van der Waals surface area contributed by atoms with Crippen molar-refractivity contribution in [1.82, 2.24) is 0 Å². The lowest BCUT2D eigenvalue weighted by atomic mass is 10.2. The number of hydrogen-bond donors (Lipinski definition) is 1. The van der Waals surface area contributed by atoms with Crippen molar-refractivity contribution in [3.05, 3.63) is 24.3 Å². The molecule has 1 heterocycles. The van der Waals surface area contributed by atoms with E-state index < -0.39 is 0 Å². The van der Waals surface area contributed by atoms with Crippen LogP contribution in [-0.2, 0) is 4.79 Å². The van der Waals surface area contributed by atoms with Crippen molar-refractivity contribution in [2.45, 2.75) is 38.5 Å². The highest BCUT2D eigenvalue weighted by molar-refractivity contribution is 5.94. The summed E-state index contributed by atoms with van der Waals surface area (Å²) in [6, 6.07) is 8.32. The number of rotatable bonds is 3. The molecule has 1 aliphatic heterocycles. The SMILES string of the molecule is O=C(Nc1ccc(N2CCCCCC2)cc1)C1CC1. The van der Waals surface area contributed by atoms with E-state index in [0.717, 1.165) is 31.6 Å². The molecule has 0 aromatic heterocycles. The van der Waals surface area contributed by atoms with E-state index >= 15 is 0 Å². The second-order valence-corrected chi connectivity index (χ2v) is 5.71. The van der Waals surface area contributed by atoms with Crippen LogP contribution in [0.1, 0.15) is 38.5 Å². The van der Waals surface area contributed by atoms with Gasteiger partial charge in [-0.2, -0.15) is 0 Å². The van der Waals surface area contributed by atoms with Crippen molar-refractivity contribution >= 4 is 17.3 Å². The first kappa shape index (κ1) is 12.5. The maximum Gasteiger partial charge on any atom is 0.227 e. The average Bonchev–Trinajstić information content (AvgIpc) is 3.27. The summed E-state index contributed by atoms with van der Waals surface area (Å²) >= 11 is 0. The summed E-state index contributed by atoms with van der Waals surface area (Å²) in [4.78, 5) is 14.1. The van der Waals surface area contributed by atoms with E-state index in [1.54, 1.807) is 0 Å². The van der Waals surface area contributed by atoms with Crippen LogP contribution in [0.15, 0.2) is 24.3 Å². The van der Waals surface area contributed by atoms with E-state index in [9.17, 15) is 4.79 Å². The first-order valence-corrected chi connectivity index (χ1v) is 7.49. The van der Waals surface area contributed by atoms with Gasteiger partial charge in [-0.3, -0.25) is 4.79 Å². The van der Waals surface area contributed by atoms with Gasteiger partial charge < -0.3 is 10.2 Å². The largest absolute Gasteiger partial charge is 0.372 e. The zero-order valence-electron chi connectivity index (χ0n) is 11.4. The monoisotopic (exact) mass is 258 g/mol. The number of nitrogens with zero attached hydrogens (tertiary/aromatic N) is 1. The molecule has 1 N–H and O–H groups in total. The molecule has 0 bridgehead atoms. The Balaban J connectivity index is 1.62. The Hall–Kier alpha value is -1.51. The Morgan fingerprint density at radius 1 is 1.00 bits per heavy atom. The lowest BCUT2D eigenvalue weighted by molar-refractivity contribution is -0.117. The number of carbonyl (C=O) groups is 1. The Labute approximate surface area is 115 Å². The van der Waals surface area contributed by atoms with Crippen LogP contribution in [0.2, 0.25) is 0 Å². The molecule has 0 atom stereocenters. The number of hydrogen-bond acceptors (Lipinski definition) is 2. The maximum atomic E-state index is 11.7. The minimum absolute atomic E-state index is 0.183. The summed E-state index contributed by atoms with van der Waals surface area (Å²) in [7, 11) is 0. The van der Waals surface area contributed by atoms with Crippen molar-refractivity contribution in [2.24, 2.45) is 5.92 Å². The molecule has 0 spiro atoms. The van der Waals surface area contributed by atoms with Crippen LogP contribution < -0.4 is 10.2 Å². The van der Waals surface area contributed by atoms with Crippen molar-refractivity contribution in [3.8, 4) is 0 Å². The van der Waals surface area contributed by atoms with Gasteiger partial charge in [-0.1, -0.05) is 12.8 Å². The fourth-order valence-corrected chi connectivity index (χ4v) is 2.67. The van der Waals surface area contributed by atoms with Gasteiger partial charge in [0.05, 0.1) is 0 Å². The standard InChI is InChI=1S/C16H22N2O/c19-16(13-5-6-13)17-14-7-9-15(10-8-14)18-11-3-1-2-4-12-18/h7-10,13H,1-6,11-12H2,(H,17,19). The van der Waals surface area contributed by atoms with Gasteiger partial charge in [0.15, 0.2) is 0 Å². The molecule has 3 nitrogen and oxygen atoms in total. The number of anilines is 2. The first-order valence-electron chi connectivity index (χ1n) is 7.49. The molecule has 3 heteroatoms. The molecule has 1 aliphatic carbocycles. The van der Waals surface area contributed by atoms with Crippen LogP contribution in [-0.4, -0.2) is 19.0 Å². The normalized spacial score (nSPS) is 19.9. The van der Waals surface area contributed by atoms with Crippen molar-refractivity contribution in [1.29, 1.82) is 0 Å². The zero-order valence-corrected chi connectivity index (χ0v) is 11.4. The highest BCUT2D eigenvalue weighted by atomic mass is 16.2. The molecule has 1 amide bonds. The van der Waals surface area contributed by atoms with Gasteiger partial charge in [-0.25, -0.2) is 0 Å². The minimum atomic E-state index is 0.183. The van der Waals surface area contributed by atoms with Gasteiger partial charge >= 0.3 is 0 Å². The summed E-state index contributed by atoms with van der Waals surface area (Å²) in [5.41, 5.74) is 2.21. The predicted octanol–water partition coefficient (Wildman–Crippen LogP) is 3.42. The van der Waals surface area contributed by atoms with E-state index in [-0.39, 0.29) is 11.8 Å². The number of benzene rings is 1. The van der Waals surface area contributed by atoms with E-state index in [2.05, 4.69) is 22.3 Å². The average molecular weight is 258 g/mol. The molecule has 3 rings (SSSR count). The number of nitrogens with one attached hydrogen (secondary N) is 1. The maximum absolute atomic E-state index is 11.7. The van der Waals surface area contributed by atoms with E-state index in [0.29, 0.717) is 0 Å². The van der Waals surface area contributed by atoms with E-state index in [1.165, 1.54) is 31.4 Å². The summed E-state index contributed by atoms with van der Waals surface area (Å²) in [5, 5.41) is 2.99. The molecule has 1 aromatic carbocycles. The number of amides is 1. The lowest BCUT2D eigenvalue weighted by Crippen LogP contribution is -2.23. The highest BCUT2D eigenvalue weighted by Gasteiger charge is 2.29. The van der Waals surface area contributed by atoms with E-state index in [4.69, 9.17) is 0 Å². The van der Waals surface area contributed by atoms with Crippen LogP contribution in [0.25, 0.3) is 0 Å². The molecule has 1 saturated carbocycles. The molecular formula is C16H22N2O. The van der Waals surface area contributed by atoms with Crippen LogP contribution in [0, 0.1) is 5.92 Å². The Morgan fingerprint density at radius 2 is 1.63 bits per heavy atom. The molecule has 0 unspecified atom stereocenters. The molecule has 0 radical (unpaired) electrons. The Kier molecular flexibility index (Phi) is 3.72. The molecule has 1 saturated heterocycles. The van der Waals surface area contributed by atoms with Gasteiger partial charge in [0.25, 0.3) is 0 Å². The zero-order chi connectivity index (χ0) is 13.1. The van der Waals surface area contributed by atoms with Crippen LogP contribution in [0.4, 0.5) is 11.4 Å². The number of carbonyl (C=O) groups excluding carboxylic acids is 1. The van der Waals surface area contributed by atoms with Crippen molar-refractivity contribution in [2.75, 3.05) is 23.3 Å². The summed E-state index contributed by atoms with van der Waals surface area (Å²) in [6.07, 6.45) is 7.40. The van der Waals surface area contributed by atoms with Gasteiger partial charge in [-0.15, -0.1) is 0 Å². The first-order chi connectivity index (χ1) is 9.33. The van der Waals surface area contributed by atoms with Crippen molar-refractivity contribution in [3.63, 3.8) is 0 Å². The predicted molar refractivity (Wildman–Crippen MR) is 78.5 cm³/mol. The van der Waals surface area contributed by atoms with Crippen LogP contribution >= 0.6 is 0 Å². The second kappa shape index (κ2) is 5.64. The third-order valence-electron chi connectivity index (χ3n) is 4.05. The summed E-state index contributed by atoms with van der Waals surface area (Å²) < 4.78 is 0. The Morgan fingerprint density at radius 3 is 2.21 bits per heavy atom. The fraction of sp³-hybridized carbons (Fsp3) is 0.562. The van der Waals surface area contributed by atoms with E-state index in [1.807, 2.05) is 12.1 Å². The molecule has 19 heavy (non-hydrogen) atoms. The van der Waals surface area contributed by atoms with Gasteiger partial charge in [0, 0.05) is 30.4 Å². The molecule has 102 valence electrons. The fourth-order valence-electron chi connectivity index (χ4n) is 2.67. The lowest BCUT2D eigenvalue weighted by Gasteiger charge is -2.22. The van der Waals surface area contributed by atoms with Gasteiger partial charge in [-0.05, 0) is 49.9 Å². The third-order valence-corrected chi connectivity index (χ3v) is 4.05. The van der Waals surface area contributed by atoms with Crippen LogP contribution in [0.5, 0.6) is 0 Å². The summed E-state index contributed by atoms with van der Waals surface area (Å²) in [5.74, 6) is 0.452. The van der Waals surface area contributed by atoms with Crippen LogP contribution in [0.3, 0.4) is 0 Å². The van der Waals surface area contributed by atoms with Gasteiger partial charge in [0.1, 0.15) is 0 Å². The topological polar surface area (TPSA) is 32.3 Å². The second-order valence-electron chi connectivity index (χ2n) is 5.71. The third kappa shape index (κ3) is 3.28. The highest BCUT2D eigenvalue weighted by Crippen LogP contribution is 2.30. The molecule has 2 aliphatic rings. The van der Waals surface area contributed by atoms with Gasteiger partial charge in [0.2, 0.25) is 5.91 Å². The summed E-state index contributed by atoms with van der Waals surface area (Å²) in [6.45, 7) is 2.32. The molecule has 1 aromatic rings. The molecular weight excluding hydrogens is 236 g/mol. The quantitative estimate of drug-likeness (QED) is 0.901. The minimum Gasteiger partial charge on any atom is -0.372 e. The Bertz CT molecular complexity index is 429.